The molecule has 0 radical (unpaired) electrons. The van der Waals surface area contributed by atoms with Crippen molar-refractivity contribution in [3.63, 3.8) is 0 Å². The Morgan fingerprint density at radius 3 is 1.88 bits per heavy atom. The molecule has 2 fully saturated rings. The fraction of sp³-hybridized carbons (Fsp3) is 0.870. The van der Waals surface area contributed by atoms with E-state index in [9.17, 15) is 34.8 Å². The zero-order valence-electron chi connectivity index (χ0n) is 22.9. The van der Waals surface area contributed by atoms with E-state index in [1.54, 1.807) is 14.1 Å². The van der Waals surface area contributed by atoms with Crippen LogP contribution in [0.4, 0.5) is 0 Å². The maximum atomic E-state index is 13.0. The second-order valence-electron chi connectivity index (χ2n) is 10.2. The number of nitrogens with zero attached hydrogens (tertiary/aromatic N) is 1. The van der Waals surface area contributed by atoms with Crippen LogP contribution in [0.2, 0.25) is 0 Å². The Morgan fingerprint density at radius 2 is 1.32 bits per heavy atom. The van der Waals surface area contributed by atoms with Gasteiger partial charge in [0, 0.05) is 26.5 Å². The van der Waals surface area contributed by atoms with Crippen LogP contribution in [0.5, 0.6) is 0 Å². The normalized spacial score (nSPS) is 34.7. The van der Waals surface area contributed by atoms with Crippen LogP contribution in [-0.4, -0.2) is 169 Å². The third-order valence-electron chi connectivity index (χ3n) is 6.76. The number of rotatable bonds is 14. The number of amides is 2. The van der Waals surface area contributed by atoms with Crippen LogP contribution in [0.1, 0.15) is 6.42 Å². The molecule has 40 heavy (non-hydrogen) atoms. The highest BCUT2D eigenvalue weighted by Gasteiger charge is 2.54. The zero-order valence-corrected chi connectivity index (χ0v) is 23.8. The van der Waals surface area contributed by atoms with E-state index in [1.165, 1.54) is 14.2 Å². The highest BCUT2D eigenvalue weighted by molar-refractivity contribution is 7.80. The van der Waals surface area contributed by atoms with Crippen molar-refractivity contribution in [3.8, 4) is 0 Å². The highest BCUT2D eigenvalue weighted by Crippen LogP contribution is 2.30. The first-order valence-corrected chi connectivity index (χ1v) is 13.4. The van der Waals surface area contributed by atoms with E-state index in [1.807, 2.05) is 0 Å². The Kier molecular flexibility index (Phi) is 13.4. The van der Waals surface area contributed by atoms with Gasteiger partial charge in [0.2, 0.25) is 0 Å². The van der Waals surface area contributed by atoms with E-state index in [-0.39, 0.29) is 19.5 Å². The smallest absolute Gasteiger partial charge is 0.309 e. The summed E-state index contributed by atoms with van der Waals surface area (Å²) in [7, 11) is 6.02. The van der Waals surface area contributed by atoms with Gasteiger partial charge in [-0.05, 0) is 0 Å². The lowest BCUT2D eigenvalue weighted by molar-refractivity contribution is -0.888. The van der Waals surface area contributed by atoms with Crippen molar-refractivity contribution in [1.82, 2.24) is 10.6 Å². The van der Waals surface area contributed by atoms with E-state index in [2.05, 4.69) is 23.3 Å². The molecule has 4 unspecified atom stereocenters. The molecule has 0 saturated carbocycles. The van der Waals surface area contributed by atoms with Crippen molar-refractivity contribution >= 4 is 30.4 Å². The fourth-order valence-electron chi connectivity index (χ4n) is 4.35. The van der Waals surface area contributed by atoms with Gasteiger partial charge >= 0.3 is 5.97 Å². The van der Waals surface area contributed by atoms with Crippen LogP contribution in [0.15, 0.2) is 0 Å². The summed E-state index contributed by atoms with van der Waals surface area (Å²) in [6, 6.07) is 0. The maximum Gasteiger partial charge on any atom is 0.309 e. The molecule has 2 heterocycles. The lowest BCUT2D eigenvalue weighted by Crippen LogP contribution is -2.67. The van der Waals surface area contributed by atoms with Crippen LogP contribution in [0.25, 0.3) is 0 Å². The Morgan fingerprint density at radius 1 is 0.800 bits per heavy atom. The number of carboxylic acid groups (broad SMARTS) is 1. The van der Waals surface area contributed by atoms with Gasteiger partial charge in [-0.25, -0.2) is 0 Å². The molecule has 2 saturated heterocycles. The van der Waals surface area contributed by atoms with Crippen molar-refractivity contribution in [3.05, 3.63) is 0 Å². The summed E-state index contributed by atoms with van der Waals surface area (Å²) in [5.74, 6) is -2.09. The lowest BCUT2D eigenvalue weighted by Gasteiger charge is -2.46. The lowest BCUT2D eigenvalue weighted by atomic mass is 9.96. The predicted octanol–water partition coefficient (Wildman–Crippen LogP) is -4.36. The largest absolute Gasteiger partial charge is 0.481 e. The second-order valence-corrected chi connectivity index (χ2v) is 10.6. The molecule has 16 nitrogen and oxygen atoms in total. The van der Waals surface area contributed by atoms with Gasteiger partial charge in [-0.3, -0.25) is 14.4 Å². The van der Waals surface area contributed by atoms with Gasteiger partial charge in [0.1, 0.15) is 36.6 Å². The molecule has 0 aliphatic carbocycles. The number of quaternary nitrogens is 1. The number of nitrogens with one attached hydrogen (secondary N) is 2. The van der Waals surface area contributed by atoms with Crippen molar-refractivity contribution in [2.24, 2.45) is 0 Å². The molecule has 232 valence electrons. The van der Waals surface area contributed by atoms with Crippen molar-refractivity contribution in [2.75, 3.05) is 60.2 Å². The molecule has 0 aromatic rings. The Hall–Kier alpha value is -1.64. The molecule has 7 N–H and O–H groups in total. The SMILES string of the molecule is COC1OC(C(=O)NCCS)[C@@H](OC2OC(C(=O)NCC[N+](C)(C)CCC(=O)O)[C@@H](OC)[C@H](O)[C@H]2O)[C@H](O)[C@H]1O. The average Bonchev–Trinajstić information content (AvgIpc) is 2.91. The van der Waals surface area contributed by atoms with Crippen molar-refractivity contribution in [1.29, 1.82) is 0 Å². The molecule has 17 heteroatoms. The molecule has 0 spiro atoms. The van der Waals surface area contributed by atoms with Crippen molar-refractivity contribution < 1.29 is 68.1 Å². The standard InChI is InChI=1S/C23H41N3O13S/c1-26(2,8-5-11(27)28)9-6-24-20(33)18-16(35-3)12(29)15(32)23(39-18)37-17-13(30)14(31)22(36-4)38-19(17)21(34)25-7-10-40/h12-19,22-23,29-32H,5-10H2,1-4H3,(H3-,24,25,27,28,33,34,40)/p+1/t12-,13-,14-,15-,16+,17+,18?,19?,22?,23?/m1/s1. The van der Waals surface area contributed by atoms with Crippen LogP contribution >= 0.6 is 12.6 Å². The molecule has 10 atom stereocenters. The number of hydrogen-bond acceptors (Lipinski definition) is 13. The quantitative estimate of drug-likeness (QED) is 0.0698. The van der Waals surface area contributed by atoms with E-state index in [0.717, 1.165) is 0 Å². The van der Waals surface area contributed by atoms with Gasteiger partial charge in [-0.15, -0.1) is 0 Å². The number of carboxylic acids is 1. The van der Waals surface area contributed by atoms with E-state index >= 15 is 0 Å². The molecule has 0 bridgehead atoms. The topological polar surface area (TPSA) is 223 Å². The number of aliphatic carboxylic acids is 1. The Labute approximate surface area is 237 Å². The number of aliphatic hydroxyl groups excluding tert-OH is 4. The van der Waals surface area contributed by atoms with E-state index in [4.69, 9.17) is 28.8 Å². The summed E-state index contributed by atoms with van der Waals surface area (Å²) in [5.41, 5.74) is 0. The summed E-state index contributed by atoms with van der Waals surface area (Å²) >= 11 is 4.03. The minimum Gasteiger partial charge on any atom is -0.481 e. The minimum absolute atomic E-state index is 0.0499. The predicted molar refractivity (Wildman–Crippen MR) is 138 cm³/mol. The number of aliphatic hydroxyl groups is 4. The maximum absolute atomic E-state index is 13.0. The van der Waals surface area contributed by atoms with Crippen LogP contribution in [-0.2, 0) is 38.1 Å². The number of ether oxygens (including phenoxy) is 5. The van der Waals surface area contributed by atoms with Crippen molar-refractivity contribution in [2.45, 2.75) is 67.8 Å². The van der Waals surface area contributed by atoms with E-state index in [0.29, 0.717) is 23.3 Å². The highest BCUT2D eigenvalue weighted by atomic mass is 32.1. The molecular weight excluding hydrogens is 558 g/mol. The molecule has 2 amide bonds. The van der Waals surface area contributed by atoms with Gasteiger partial charge < -0.3 is 64.3 Å². The first kappa shape index (κ1) is 34.6. The molecule has 2 aliphatic rings. The van der Waals surface area contributed by atoms with Crippen LogP contribution in [0.3, 0.4) is 0 Å². The minimum atomic E-state index is -1.79. The molecule has 0 aromatic carbocycles. The number of hydrogen-bond donors (Lipinski definition) is 8. The van der Waals surface area contributed by atoms with E-state index < -0.39 is 79.2 Å². The number of thiol groups is 1. The summed E-state index contributed by atoms with van der Waals surface area (Å²) in [4.78, 5) is 36.7. The zero-order chi connectivity index (χ0) is 30.2. The number of methoxy groups -OCH3 is 2. The summed E-state index contributed by atoms with van der Waals surface area (Å²) < 4.78 is 27.4. The van der Waals surface area contributed by atoms with Gasteiger partial charge in [-0.2, -0.15) is 12.6 Å². The summed E-state index contributed by atoms with van der Waals surface area (Å²) in [6.07, 6.45) is -16.0. The van der Waals surface area contributed by atoms with Crippen LogP contribution in [0, 0.1) is 0 Å². The Balaban J connectivity index is 2.17. The molecular formula is C23H42N3O13S+. The molecule has 0 aromatic heterocycles. The third-order valence-corrected chi connectivity index (χ3v) is 6.98. The Bertz CT molecular complexity index is 853. The van der Waals surface area contributed by atoms with Gasteiger partial charge in [-0.1, -0.05) is 0 Å². The summed E-state index contributed by atoms with van der Waals surface area (Å²) in [6.45, 7) is 0.980. The molecule has 2 rings (SSSR count). The number of carbonyl (C=O) groups excluding carboxylic acids is 2. The van der Waals surface area contributed by atoms with Gasteiger partial charge in [0.05, 0.1) is 40.2 Å². The number of likely N-dealkylation sites (N-methyl/N-ethyl adjacent to an activating group) is 1. The van der Waals surface area contributed by atoms with Crippen LogP contribution < -0.4 is 10.6 Å². The van der Waals surface area contributed by atoms with Gasteiger partial charge in [0.15, 0.2) is 24.8 Å². The monoisotopic (exact) mass is 600 g/mol. The fourth-order valence-corrected chi connectivity index (χ4v) is 4.46. The second kappa shape index (κ2) is 15.5. The summed E-state index contributed by atoms with van der Waals surface area (Å²) in [5, 5.41) is 56.6. The average molecular weight is 601 g/mol. The number of carbonyl (C=O) groups is 3. The first-order valence-electron chi connectivity index (χ1n) is 12.7. The molecule has 2 aliphatic heterocycles. The third kappa shape index (κ3) is 8.93. The first-order chi connectivity index (χ1) is 18.8. The van der Waals surface area contributed by atoms with Gasteiger partial charge in [0.25, 0.3) is 11.8 Å².